The molecule has 0 amide bonds. The average Bonchev–Trinajstić information content (AvgIpc) is 2.51. The van der Waals surface area contributed by atoms with Gasteiger partial charge in [0, 0.05) is 24.8 Å². The van der Waals surface area contributed by atoms with Crippen molar-refractivity contribution in [1.82, 2.24) is 0 Å². The van der Waals surface area contributed by atoms with Crippen molar-refractivity contribution in [3.8, 4) is 0 Å². The second-order valence-electron chi connectivity index (χ2n) is 2.89. The van der Waals surface area contributed by atoms with Crippen molar-refractivity contribution in [3.05, 3.63) is 27.5 Å². The van der Waals surface area contributed by atoms with E-state index in [1.54, 1.807) is 11.3 Å². The van der Waals surface area contributed by atoms with Crippen molar-refractivity contribution in [2.24, 2.45) is 0 Å². The van der Waals surface area contributed by atoms with Crippen molar-refractivity contribution in [3.63, 3.8) is 0 Å². The Kier molecular flexibility index (Phi) is 2.67. The second-order valence-corrected chi connectivity index (χ2v) is 5.10. The predicted molar refractivity (Wildman–Crippen MR) is 66.2 cm³/mol. The molecule has 1 heterocycles. The summed E-state index contributed by atoms with van der Waals surface area (Å²) in [5, 5.41) is 3.46. The van der Waals surface area contributed by atoms with Crippen LogP contribution in [0, 0.1) is 0 Å². The van der Waals surface area contributed by atoms with Crippen molar-refractivity contribution >= 4 is 50.0 Å². The zero-order valence-electron chi connectivity index (χ0n) is 7.17. The van der Waals surface area contributed by atoms with Crippen LogP contribution >= 0.6 is 39.9 Å². The first kappa shape index (κ1) is 9.56. The number of thiophene rings is 1. The maximum absolute atomic E-state index is 4.44. The van der Waals surface area contributed by atoms with Gasteiger partial charge >= 0.3 is 0 Å². The molecule has 2 aromatic rings. The number of benzene rings is 1. The fourth-order valence-corrected chi connectivity index (χ4v) is 3.55. The highest BCUT2D eigenvalue weighted by Gasteiger charge is 2.07. The van der Waals surface area contributed by atoms with Gasteiger partial charge in [-0.1, -0.05) is 13.0 Å². The Labute approximate surface area is 95.5 Å². The number of halogens is 1. The van der Waals surface area contributed by atoms with Crippen LogP contribution in [0.1, 0.15) is 12.5 Å². The van der Waals surface area contributed by atoms with E-state index >= 15 is 0 Å². The molecular weight excluding hydrogens is 264 g/mol. The first-order valence-electron chi connectivity index (χ1n) is 4.11. The van der Waals surface area contributed by atoms with Gasteiger partial charge in [0.15, 0.2) is 0 Å². The Balaban J connectivity index is 2.88. The Morgan fingerprint density at radius 3 is 2.92 bits per heavy atom. The second kappa shape index (κ2) is 3.64. The lowest BCUT2D eigenvalue weighted by Gasteiger charge is -2.02. The third-order valence-electron chi connectivity index (χ3n) is 2.12. The molecule has 0 saturated heterocycles. The standard InChI is InChI=1S/C10H9BrS2/c1-2-6-3-4-8(12)10-9(6)7(11)5-13-10/h3-5,12H,2H2,1H3. The Morgan fingerprint density at radius 1 is 1.46 bits per heavy atom. The molecule has 3 heteroatoms. The maximum atomic E-state index is 4.44. The molecule has 13 heavy (non-hydrogen) atoms. The van der Waals surface area contributed by atoms with Gasteiger partial charge in [0.05, 0.1) is 0 Å². The summed E-state index contributed by atoms with van der Waals surface area (Å²) in [6, 6.07) is 4.23. The molecule has 0 spiro atoms. The van der Waals surface area contributed by atoms with E-state index in [9.17, 15) is 0 Å². The minimum atomic E-state index is 1.07. The maximum Gasteiger partial charge on any atom is 0.0490 e. The van der Waals surface area contributed by atoms with E-state index in [1.165, 1.54) is 20.1 Å². The minimum Gasteiger partial charge on any atom is -0.142 e. The lowest BCUT2D eigenvalue weighted by molar-refractivity contribution is 1.16. The summed E-state index contributed by atoms with van der Waals surface area (Å²) in [4.78, 5) is 1.07. The normalized spacial score (nSPS) is 11.0. The lowest BCUT2D eigenvalue weighted by atomic mass is 10.1. The molecule has 1 aromatic carbocycles. The van der Waals surface area contributed by atoms with Gasteiger partial charge in [0.25, 0.3) is 0 Å². The van der Waals surface area contributed by atoms with E-state index in [2.05, 4.69) is 53.0 Å². The third-order valence-corrected chi connectivity index (χ3v) is 4.59. The van der Waals surface area contributed by atoms with Crippen LogP contribution in [0.3, 0.4) is 0 Å². The molecule has 0 atom stereocenters. The molecule has 0 saturated carbocycles. The molecule has 0 N–H and O–H groups in total. The van der Waals surface area contributed by atoms with Crippen molar-refractivity contribution in [2.75, 3.05) is 0 Å². The Morgan fingerprint density at radius 2 is 2.23 bits per heavy atom. The van der Waals surface area contributed by atoms with Crippen LogP contribution in [-0.2, 0) is 6.42 Å². The highest BCUT2D eigenvalue weighted by Crippen LogP contribution is 2.36. The first-order valence-corrected chi connectivity index (χ1v) is 6.23. The van der Waals surface area contributed by atoms with E-state index in [1.807, 2.05) is 0 Å². The van der Waals surface area contributed by atoms with Crippen molar-refractivity contribution in [1.29, 1.82) is 0 Å². The Hall–Kier alpha value is 0.01000. The van der Waals surface area contributed by atoms with Gasteiger partial charge in [-0.2, -0.15) is 0 Å². The number of hydrogen-bond donors (Lipinski definition) is 1. The molecule has 68 valence electrons. The fourth-order valence-electron chi connectivity index (χ4n) is 1.46. The number of fused-ring (bicyclic) bond motifs is 1. The van der Waals surface area contributed by atoms with Crippen molar-refractivity contribution in [2.45, 2.75) is 18.2 Å². The molecule has 1 aromatic heterocycles. The van der Waals surface area contributed by atoms with E-state index < -0.39 is 0 Å². The van der Waals surface area contributed by atoms with Crippen LogP contribution < -0.4 is 0 Å². The fraction of sp³-hybridized carbons (Fsp3) is 0.200. The van der Waals surface area contributed by atoms with Crippen molar-refractivity contribution < 1.29 is 0 Å². The molecule has 0 aliphatic heterocycles. The van der Waals surface area contributed by atoms with Gasteiger partial charge in [-0.25, -0.2) is 0 Å². The van der Waals surface area contributed by atoms with Crippen LogP contribution in [-0.4, -0.2) is 0 Å². The van der Waals surface area contributed by atoms with E-state index in [-0.39, 0.29) is 0 Å². The molecule has 0 bridgehead atoms. The van der Waals surface area contributed by atoms with Crippen LogP contribution in [0.15, 0.2) is 26.9 Å². The highest BCUT2D eigenvalue weighted by molar-refractivity contribution is 9.10. The summed E-state index contributed by atoms with van der Waals surface area (Å²) in [6.07, 6.45) is 1.07. The first-order chi connectivity index (χ1) is 6.24. The number of aryl methyl sites for hydroxylation is 1. The van der Waals surface area contributed by atoms with Gasteiger partial charge in [0.1, 0.15) is 0 Å². The largest absolute Gasteiger partial charge is 0.142 e. The highest BCUT2D eigenvalue weighted by atomic mass is 79.9. The monoisotopic (exact) mass is 272 g/mol. The quantitative estimate of drug-likeness (QED) is 0.726. The molecular formula is C10H9BrS2. The Bertz CT molecular complexity index is 445. The molecule has 0 radical (unpaired) electrons. The zero-order chi connectivity index (χ0) is 9.42. The van der Waals surface area contributed by atoms with Crippen LogP contribution in [0.4, 0.5) is 0 Å². The van der Waals surface area contributed by atoms with Gasteiger partial charge in [0.2, 0.25) is 0 Å². The molecule has 0 aliphatic rings. The van der Waals surface area contributed by atoms with E-state index in [0.29, 0.717) is 0 Å². The summed E-state index contributed by atoms with van der Waals surface area (Å²) in [5.74, 6) is 0. The van der Waals surface area contributed by atoms with Gasteiger partial charge in [-0.3, -0.25) is 0 Å². The topological polar surface area (TPSA) is 0 Å². The smallest absolute Gasteiger partial charge is 0.0490 e. The molecule has 0 unspecified atom stereocenters. The summed E-state index contributed by atoms with van der Waals surface area (Å²) < 4.78 is 2.48. The number of hydrogen-bond acceptors (Lipinski definition) is 2. The van der Waals surface area contributed by atoms with Gasteiger partial charge < -0.3 is 0 Å². The minimum absolute atomic E-state index is 1.07. The van der Waals surface area contributed by atoms with E-state index in [4.69, 9.17) is 0 Å². The molecule has 0 aliphatic carbocycles. The van der Waals surface area contributed by atoms with Crippen LogP contribution in [0.2, 0.25) is 0 Å². The lowest BCUT2D eigenvalue weighted by Crippen LogP contribution is -1.81. The third kappa shape index (κ3) is 1.53. The van der Waals surface area contributed by atoms with Gasteiger partial charge in [-0.15, -0.1) is 24.0 Å². The zero-order valence-corrected chi connectivity index (χ0v) is 10.5. The molecule has 0 nitrogen and oxygen atoms in total. The summed E-state index contributed by atoms with van der Waals surface area (Å²) in [7, 11) is 0. The van der Waals surface area contributed by atoms with Crippen LogP contribution in [0.25, 0.3) is 10.1 Å². The molecule has 0 fully saturated rings. The number of thiol groups is 1. The average molecular weight is 273 g/mol. The van der Waals surface area contributed by atoms with Gasteiger partial charge in [-0.05, 0) is 34.0 Å². The number of rotatable bonds is 1. The van der Waals surface area contributed by atoms with E-state index in [0.717, 1.165) is 11.3 Å². The summed E-state index contributed by atoms with van der Waals surface area (Å²) >= 11 is 9.76. The summed E-state index contributed by atoms with van der Waals surface area (Å²) in [6.45, 7) is 2.18. The SMILES string of the molecule is CCc1ccc(S)c2scc(Br)c12. The predicted octanol–water partition coefficient (Wildman–Crippen LogP) is 4.51. The molecule has 2 rings (SSSR count). The summed E-state index contributed by atoms with van der Waals surface area (Å²) in [5.41, 5.74) is 1.39. The van der Waals surface area contributed by atoms with Crippen LogP contribution in [0.5, 0.6) is 0 Å².